The molecule has 1 amide bonds. The van der Waals surface area contributed by atoms with E-state index in [0.717, 1.165) is 44.2 Å². The van der Waals surface area contributed by atoms with Crippen LogP contribution in [0.5, 0.6) is 0 Å². The van der Waals surface area contributed by atoms with Gasteiger partial charge in [0.25, 0.3) is 0 Å². The van der Waals surface area contributed by atoms with Crippen molar-refractivity contribution in [1.82, 2.24) is 20.5 Å². The molecule has 4 N–H and O–H groups in total. The zero-order chi connectivity index (χ0) is 19.2. The third kappa shape index (κ3) is 8.04. The molecule has 1 aliphatic heterocycles. The van der Waals surface area contributed by atoms with Gasteiger partial charge in [-0.3, -0.25) is 9.69 Å². The summed E-state index contributed by atoms with van der Waals surface area (Å²) >= 11 is 0. The van der Waals surface area contributed by atoms with Crippen molar-refractivity contribution in [1.29, 1.82) is 0 Å². The highest BCUT2D eigenvalue weighted by molar-refractivity contribution is 14.0. The SMILES string of the molecule is CCNC(=NCc1ncc(C(C)(C)C)o1)NC1CCN(CC(N)=O)CC1.I. The second-order valence-electron chi connectivity index (χ2n) is 7.72. The number of halogens is 1. The van der Waals surface area contributed by atoms with Crippen molar-refractivity contribution in [3.63, 3.8) is 0 Å². The van der Waals surface area contributed by atoms with Crippen LogP contribution in [-0.4, -0.2) is 54.0 Å². The maximum absolute atomic E-state index is 11.0. The van der Waals surface area contributed by atoms with E-state index in [1.165, 1.54) is 0 Å². The highest BCUT2D eigenvalue weighted by Gasteiger charge is 2.21. The second kappa shape index (κ2) is 10.8. The molecule has 0 aliphatic carbocycles. The Morgan fingerprint density at radius 1 is 1.41 bits per heavy atom. The molecule has 2 heterocycles. The first kappa shape index (κ1) is 23.7. The van der Waals surface area contributed by atoms with Crippen molar-refractivity contribution in [2.45, 2.75) is 58.5 Å². The standard InChI is InChI=1S/C18H32N6O2.HI/c1-5-20-17(22-11-16-21-10-14(26-16)18(2,3)4)23-13-6-8-24(9-7-13)12-15(19)25;/h10,13H,5-9,11-12H2,1-4H3,(H2,19,25)(H2,20,22,23);1H. The largest absolute Gasteiger partial charge is 0.443 e. The zero-order valence-corrected chi connectivity index (χ0v) is 19.1. The first-order valence-electron chi connectivity index (χ1n) is 9.28. The van der Waals surface area contributed by atoms with Crippen molar-refractivity contribution in [2.24, 2.45) is 10.7 Å². The third-order valence-electron chi connectivity index (χ3n) is 4.32. The first-order chi connectivity index (χ1) is 12.3. The monoisotopic (exact) mass is 492 g/mol. The molecule has 0 spiro atoms. The number of piperidine rings is 1. The number of aliphatic imine (C=N–C) groups is 1. The number of amides is 1. The first-order valence-corrected chi connectivity index (χ1v) is 9.28. The number of carbonyl (C=O) groups is 1. The van der Waals surface area contributed by atoms with E-state index in [4.69, 9.17) is 10.2 Å². The molecule has 2 rings (SSSR count). The van der Waals surface area contributed by atoms with E-state index < -0.39 is 0 Å². The molecular formula is C18H33IN6O2. The molecule has 1 saturated heterocycles. The Balaban J connectivity index is 0.00000364. The van der Waals surface area contributed by atoms with Crippen LogP contribution >= 0.6 is 24.0 Å². The lowest BCUT2D eigenvalue weighted by molar-refractivity contribution is -0.119. The lowest BCUT2D eigenvalue weighted by atomic mass is 9.94. The average molecular weight is 492 g/mol. The predicted octanol–water partition coefficient (Wildman–Crippen LogP) is 1.59. The van der Waals surface area contributed by atoms with Crippen LogP contribution < -0.4 is 16.4 Å². The van der Waals surface area contributed by atoms with Crippen LogP contribution in [0.3, 0.4) is 0 Å². The molecule has 1 fully saturated rings. The van der Waals surface area contributed by atoms with E-state index in [1.54, 1.807) is 6.20 Å². The second-order valence-corrected chi connectivity index (χ2v) is 7.72. The van der Waals surface area contributed by atoms with Gasteiger partial charge in [-0.05, 0) is 19.8 Å². The summed E-state index contributed by atoms with van der Waals surface area (Å²) in [5.41, 5.74) is 5.20. The molecule has 0 saturated carbocycles. The number of hydrogen-bond donors (Lipinski definition) is 3. The third-order valence-corrected chi connectivity index (χ3v) is 4.32. The summed E-state index contributed by atoms with van der Waals surface area (Å²) in [5, 5.41) is 6.73. The fourth-order valence-corrected chi connectivity index (χ4v) is 2.85. The fraction of sp³-hybridized carbons (Fsp3) is 0.722. The highest BCUT2D eigenvalue weighted by Crippen LogP contribution is 2.22. The van der Waals surface area contributed by atoms with Gasteiger partial charge in [-0.15, -0.1) is 24.0 Å². The Labute approximate surface area is 178 Å². The zero-order valence-electron chi connectivity index (χ0n) is 16.7. The summed E-state index contributed by atoms with van der Waals surface area (Å²) in [4.78, 5) is 22.0. The molecule has 8 nitrogen and oxygen atoms in total. The van der Waals surface area contributed by atoms with Gasteiger partial charge in [0.2, 0.25) is 11.8 Å². The van der Waals surface area contributed by atoms with Gasteiger partial charge >= 0.3 is 0 Å². The number of nitrogens with two attached hydrogens (primary N) is 1. The number of primary amides is 1. The molecule has 154 valence electrons. The van der Waals surface area contributed by atoms with Crippen molar-refractivity contribution >= 4 is 35.8 Å². The molecular weight excluding hydrogens is 459 g/mol. The summed E-state index contributed by atoms with van der Waals surface area (Å²) in [6.45, 7) is 11.5. The van der Waals surface area contributed by atoms with E-state index in [1.807, 2.05) is 6.92 Å². The van der Waals surface area contributed by atoms with Gasteiger partial charge in [-0.25, -0.2) is 9.98 Å². The van der Waals surface area contributed by atoms with Gasteiger partial charge in [0, 0.05) is 31.1 Å². The fourth-order valence-electron chi connectivity index (χ4n) is 2.85. The highest BCUT2D eigenvalue weighted by atomic mass is 127. The van der Waals surface area contributed by atoms with E-state index >= 15 is 0 Å². The Kier molecular flexibility index (Phi) is 9.51. The van der Waals surface area contributed by atoms with Crippen molar-refractivity contribution < 1.29 is 9.21 Å². The Bertz CT molecular complexity index is 618. The van der Waals surface area contributed by atoms with E-state index in [2.05, 4.69) is 46.3 Å². The molecule has 1 aromatic heterocycles. The van der Waals surface area contributed by atoms with Gasteiger partial charge in [0.15, 0.2) is 5.96 Å². The molecule has 9 heteroatoms. The number of nitrogens with zero attached hydrogens (tertiary/aromatic N) is 3. The van der Waals surface area contributed by atoms with Gasteiger partial charge in [-0.2, -0.15) is 0 Å². The topological polar surface area (TPSA) is 109 Å². The maximum atomic E-state index is 11.0. The van der Waals surface area contributed by atoms with Crippen LogP contribution in [0, 0.1) is 0 Å². The van der Waals surface area contributed by atoms with Gasteiger partial charge in [-0.1, -0.05) is 20.8 Å². The summed E-state index contributed by atoms with van der Waals surface area (Å²) in [5.74, 6) is 1.97. The number of guanidine groups is 1. The summed E-state index contributed by atoms with van der Waals surface area (Å²) in [6, 6.07) is 0.326. The quantitative estimate of drug-likeness (QED) is 0.316. The Morgan fingerprint density at radius 3 is 2.59 bits per heavy atom. The Morgan fingerprint density at radius 2 is 2.07 bits per heavy atom. The number of likely N-dealkylation sites (tertiary alicyclic amines) is 1. The van der Waals surface area contributed by atoms with Crippen LogP contribution in [0.15, 0.2) is 15.6 Å². The van der Waals surface area contributed by atoms with E-state index in [0.29, 0.717) is 25.0 Å². The molecule has 0 bridgehead atoms. The molecule has 0 aromatic carbocycles. The van der Waals surface area contributed by atoms with Crippen LogP contribution in [0.4, 0.5) is 0 Å². The number of carbonyl (C=O) groups excluding carboxylic acids is 1. The van der Waals surface area contributed by atoms with Crippen molar-refractivity contribution in [3.8, 4) is 0 Å². The molecule has 0 atom stereocenters. The molecule has 27 heavy (non-hydrogen) atoms. The smallest absolute Gasteiger partial charge is 0.231 e. The van der Waals surface area contributed by atoms with Gasteiger partial charge < -0.3 is 20.8 Å². The number of oxazole rings is 1. The molecule has 1 aromatic rings. The van der Waals surface area contributed by atoms with Crippen LogP contribution in [0.1, 0.15) is 52.2 Å². The molecule has 1 aliphatic rings. The average Bonchev–Trinajstić information content (AvgIpc) is 3.03. The maximum Gasteiger partial charge on any atom is 0.231 e. The molecule has 0 radical (unpaired) electrons. The Hall–Kier alpha value is -1.36. The summed E-state index contributed by atoms with van der Waals surface area (Å²) in [7, 11) is 0. The number of nitrogens with one attached hydrogen (secondary N) is 2. The minimum Gasteiger partial charge on any atom is -0.443 e. The minimum atomic E-state index is -0.271. The van der Waals surface area contributed by atoms with Crippen LogP contribution in [0.2, 0.25) is 0 Å². The lowest BCUT2D eigenvalue weighted by Gasteiger charge is -2.32. The normalized spacial score (nSPS) is 16.7. The summed E-state index contributed by atoms with van der Waals surface area (Å²) in [6.07, 6.45) is 3.68. The van der Waals surface area contributed by atoms with Gasteiger partial charge in [0.1, 0.15) is 12.3 Å². The van der Waals surface area contributed by atoms with Crippen LogP contribution in [0.25, 0.3) is 0 Å². The minimum absolute atomic E-state index is 0. The van der Waals surface area contributed by atoms with Crippen LogP contribution in [-0.2, 0) is 16.8 Å². The van der Waals surface area contributed by atoms with Crippen molar-refractivity contribution in [3.05, 3.63) is 17.8 Å². The predicted molar refractivity (Wildman–Crippen MR) is 117 cm³/mol. The lowest BCUT2D eigenvalue weighted by Crippen LogP contribution is -2.49. The summed E-state index contributed by atoms with van der Waals surface area (Å²) < 4.78 is 5.79. The van der Waals surface area contributed by atoms with E-state index in [-0.39, 0.29) is 35.3 Å². The van der Waals surface area contributed by atoms with Gasteiger partial charge in [0.05, 0.1) is 12.7 Å². The number of aromatic nitrogens is 1. The van der Waals surface area contributed by atoms with E-state index in [9.17, 15) is 4.79 Å². The molecule has 0 unspecified atom stereocenters. The number of hydrogen-bond acceptors (Lipinski definition) is 5. The number of rotatable bonds is 6. The van der Waals surface area contributed by atoms with Crippen molar-refractivity contribution in [2.75, 3.05) is 26.2 Å².